The van der Waals surface area contributed by atoms with Crippen molar-refractivity contribution in [3.05, 3.63) is 68.7 Å². The summed E-state index contributed by atoms with van der Waals surface area (Å²) in [4.78, 5) is 30.1. The van der Waals surface area contributed by atoms with Gasteiger partial charge in [0.2, 0.25) is 5.88 Å². The first kappa shape index (κ1) is 21.3. The van der Waals surface area contributed by atoms with E-state index in [0.717, 1.165) is 24.1 Å². The van der Waals surface area contributed by atoms with Gasteiger partial charge < -0.3 is 15.0 Å². The number of urea groups is 1. The third-order valence-corrected chi connectivity index (χ3v) is 6.35. The monoisotopic (exact) mass is 473 g/mol. The van der Waals surface area contributed by atoms with Gasteiger partial charge in [0.1, 0.15) is 5.82 Å². The summed E-state index contributed by atoms with van der Waals surface area (Å²) in [6.07, 6.45) is 3.28. The van der Waals surface area contributed by atoms with Crippen LogP contribution in [-0.4, -0.2) is 39.3 Å². The van der Waals surface area contributed by atoms with E-state index < -0.39 is 17.7 Å². The maximum Gasteiger partial charge on any atom is 0.322 e. The number of nitrogens with zero attached hydrogens (tertiary/aromatic N) is 3. The van der Waals surface area contributed by atoms with Gasteiger partial charge in [-0.15, -0.1) is 0 Å². The highest BCUT2D eigenvalue weighted by molar-refractivity contribution is 6.33. The highest BCUT2D eigenvalue weighted by Gasteiger charge is 2.44. The fraction of sp³-hybridized carbons (Fsp3) is 0.273. The summed E-state index contributed by atoms with van der Waals surface area (Å²) in [5.74, 6) is -1.62. The highest BCUT2D eigenvalue weighted by atomic mass is 35.5. The molecule has 2 amide bonds. The van der Waals surface area contributed by atoms with Crippen LogP contribution in [-0.2, 0) is 6.42 Å². The topological polar surface area (TPSA) is 100 Å². The van der Waals surface area contributed by atoms with Crippen LogP contribution in [0, 0.1) is 11.6 Å². The Labute approximate surface area is 191 Å². The summed E-state index contributed by atoms with van der Waals surface area (Å²) in [5.41, 5.74) is 1.59. The molecule has 8 nitrogen and oxygen atoms in total. The first-order valence-electron chi connectivity index (χ1n) is 10.2. The number of aromatic amines is 1. The number of halogens is 3. The highest BCUT2D eigenvalue weighted by Crippen LogP contribution is 2.42. The van der Waals surface area contributed by atoms with Crippen molar-refractivity contribution in [2.24, 2.45) is 0 Å². The molecule has 5 rings (SSSR count). The fourth-order valence-corrected chi connectivity index (χ4v) is 4.86. The molecule has 11 heteroatoms. The van der Waals surface area contributed by atoms with E-state index >= 15 is 0 Å². The molecule has 2 bridgehead atoms. The second-order valence-corrected chi connectivity index (χ2v) is 8.37. The molecule has 2 N–H and O–H groups in total. The van der Waals surface area contributed by atoms with Crippen LogP contribution in [0.15, 0.2) is 35.3 Å². The zero-order valence-corrected chi connectivity index (χ0v) is 18.1. The minimum Gasteiger partial charge on any atom is -0.479 e. The van der Waals surface area contributed by atoms with Gasteiger partial charge in [0.05, 0.1) is 29.6 Å². The second kappa shape index (κ2) is 8.11. The molecule has 1 saturated heterocycles. The number of fused-ring (bicyclic) bond motifs is 4. The molecule has 3 aromatic rings. The van der Waals surface area contributed by atoms with E-state index in [1.165, 1.54) is 25.4 Å². The van der Waals surface area contributed by atoms with Gasteiger partial charge in [-0.1, -0.05) is 11.6 Å². The Hall–Kier alpha value is -3.53. The van der Waals surface area contributed by atoms with Crippen LogP contribution in [0.2, 0.25) is 5.02 Å². The summed E-state index contributed by atoms with van der Waals surface area (Å²) in [6, 6.07) is 4.15. The van der Waals surface area contributed by atoms with Gasteiger partial charge in [0.25, 0.3) is 5.56 Å². The van der Waals surface area contributed by atoms with Crippen LogP contribution in [0.5, 0.6) is 5.88 Å². The lowest BCUT2D eigenvalue weighted by Crippen LogP contribution is -2.45. The average molecular weight is 474 g/mol. The molecule has 0 spiro atoms. The van der Waals surface area contributed by atoms with E-state index in [1.54, 1.807) is 4.90 Å². The minimum absolute atomic E-state index is 0.102. The molecule has 4 heterocycles. The van der Waals surface area contributed by atoms with Crippen molar-refractivity contribution in [2.45, 2.75) is 31.3 Å². The minimum atomic E-state index is -0.730. The predicted octanol–water partition coefficient (Wildman–Crippen LogP) is 4.07. The number of carbonyl (C=O) groups excluding carboxylic acids is 1. The third kappa shape index (κ3) is 3.70. The van der Waals surface area contributed by atoms with Crippen molar-refractivity contribution >= 4 is 23.3 Å². The van der Waals surface area contributed by atoms with Crippen molar-refractivity contribution in [3.63, 3.8) is 0 Å². The Balaban J connectivity index is 1.40. The largest absolute Gasteiger partial charge is 0.479 e. The molecule has 0 unspecified atom stereocenters. The molecule has 0 saturated carbocycles. The SMILES string of the molecule is COc1ncc(-c2cc(F)c(NC(=O)N3[C@H]4CC[C@@H]3c3n[nH]c(=O)cc3C4)cc2Cl)cc1F. The number of nitrogens with one attached hydrogen (secondary N) is 2. The Morgan fingerprint density at radius 1 is 1.24 bits per heavy atom. The number of amides is 2. The van der Waals surface area contributed by atoms with Gasteiger partial charge in [-0.25, -0.2) is 23.7 Å². The van der Waals surface area contributed by atoms with Gasteiger partial charge in [-0.2, -0.15) is 5.10 Å². The maximum absolute atomic E-state index is 14.9. The van der Waals surface area contributed by atoms with Crippen LogP contribution in [0.3, 0.4) is 0 Å². The van der Waals surface area contributed by atoms with Crippen molar-refractivity contribution in [1.29, 1.82) is 0 Å². The number of methoxy groups -OCH3 is 1. The molecule has 2 aromatic heterocycles. The van der Waals surface area contributed by atoms with Crippen molar-refractivity contribution in [2.75, 3.05) is 12.4 Å². The average Bonchev–Trinajstić information content (AvgIpc) is 3.10. The maximum atomic E-state index is 14.9. The lowest BCUT2D eigenvalue weighted by Gasteiger charge is -2.35. The number of aromatic nitrogens is 3. The van der Waals surface area contributed by atoms with Crippen LogP contribution in [0.25, 0.3) is 11.1 Å². The fourth-order valence-electron chi connectivity index (χ4n) is 4.58. The Morgan fingerprint density at radius 2 is 2.06 bits per heavy atom. The molecular formula is C22H18ClF2N5O3. The van der Waals surface area contributed by atoms with E-state index in [9.17, 15) is 18.4 Å². The van der Waals surface area contributed by atoms with Gasteiger partial charge in [0, 0.05) is 29.4 Å². The molecule has 1 aromatic carbocycles. The molecule has 2 aliphatic heterocycles. The van der Waals surface area contributed by atoms with E-state index in [4.69, 9.17) is 16.3 Å². The third-order valence-electron chi connectivity index (χ3n) is 6.04. The number of rotatable bonds is 3. The second-order valence-electron chi connectivity index (χ2n) is 7.96. The molecule has 0 aliphatic carbocycles. The van der Waals surface area contributed by atoms with Crippen LogP contribution in [0.1, 0.15) is 30.1 Å². The summed E-state index contributed by atoms with van der Waals surface area (Å²) in [5, 5.41) is 9.26. The van der Waals surface area contributed by atoms with Crippen LogP contribution >= 0.6 is 11.6 Å². The molecule has 170 valence electrons. The molecule has 0 radical (unpaired) electrons. The van der Waals surface area contributed by atoms with Crippen LogP contribution < -0.4 is 15.6 Å². The molecule has 1 fully saturated rings. The predicted molar refractivity (Wildman–Crippen MR) is 116 cm³/mol. The van der Waals surface area contributed by atoms with E-state index in [2.05, 4.69) is 20.5 Å². The number of pyridine rings is 1. The number of anilines is 1. The quantitative estimate of drug-likeness (QED) is 0.597. The standard InChI is InChI=1S/C22H18ClF2N5O3/c1-33-21-16(25)5-11(9-26-21)13-7-15(24)17(8-14(13)23)27-22(32)30-12-2-3-18(30)20-10(4-12)6-19(31)28-29-20/h5-9,12,18H,2-4H2,1H3,(H,27,32)(H,28,31)/t12-,18+/m0/s1. The van der Waals surface area contributed by atoms with Crippen molar-refractivity contribution in [1.82, 2.24) is 20.1 Å². The number of ether oxygens (including phenoxy) is 1. The zero-order valence-electron chi connectivity index (χ0n) is 17.4. The summed E-state index contributed by atoms with van der Waals surface area (Å²) in [7, 11) is 1.29. The summed E-state index contributed by atoms with van der Waals surface area (Å²) >= 11 is 6.33. The molecule has 33 heavy (non-hydrogen) atoms. The lowest BCUT2D eigenvalue weighted by molar-refractivity contribution is 0.177. The molecule has 2 atom stereocenters. The van der Waals surface area contributed by atoms with E-state index in [1.807, 2.05) is 0 Å². The van der Waals surface area contributed by atoms with E-state index in [-0.39, 0.29) is 45.4 Å². The normalized spacial score (nSPS) is 18.7. The number of hydrogen-bond acceptors (Lipinski definition) is 5. The zero-order chi connectivity index (χ0) is 23.3. The lowest BCUT2D eigenvalue weighted by atomic mass is 9.99. The van der Waals surface area contributed by atoms with Gasteiger partial charge in [-0.05, 0) is 43.0 Å². The number of hydrogen-bond donors (Lipinski definition) is 2. The number of carbonyl (C=O) groups is 1. The smallest absolute Gasteiger partial charge is 0.322 e. The summed E-state index contributed by atoms with van der Waals surface area (Å²) in [6.45, 7) is 0. The Bertz CT molecular complexity index is 1330. The van der Waals surface area contributed by atoms with Gasteiger partial charge >= 0.3 is 6.03 Å². The number of benzene rings is 1. The Kier molecular flexibility index (Phi) is 5.24. The Morgan fingerprint density at radius 3 is 2.82 bits per heavy atom. The summed E-state index contributed by atoms with van der Waals surface area (Å²) < 4.78 is 33.7. The number of H-pyrrole nitrogens is 1. The van der Waals surface area contributed by atoms with Crippen LogP contribution in [0.4, 0.5) is 19.3 Å². The van der Waals surface area contributed by atoms with Crippen molar-refractivity contribution < 1.29 is 18.3 Å². The first-order valence-corrected chi connectivity index (χ1v) is 10.6. The molecular weight excluding hydrogens is 456 g/mol. The first-order chi connectivity index (χ1) is 15.9. The van der Waals surface area contributed by atoms with Gasteiger partial charge in [-0.3, -0.25) is 4.79 Å². The molecule has 2 aliphatic rings. The van der Waals surface area contributed by atoms with Gasteiger partial charge in [0.15, 0.2) is 5.82 Å². The van der Waals surface area contributed by atoms with E-state index in [0.29, 0.717) is 18.5 Å². The van der Waals surface area contributed by atoms with Crippen molar-refractivity contribution in [3.8, 4) is 17.0 Å².